The maximum atomic E-state index is 5.50. The molecule has 71 heavy (non-hydrogen) atoms. The highest BCUT2D eigenvalue weighted by atomic mass is 15.0. The molecular weight excluding hydrogens is 863 g/mol. The van der Waals surface area contributed by atoms with Gasteiger partial charge in [-0.05, 0) is 51.6 Å². The number of fused-ring (bicyclic) bond motifs is 5. The third-order valence-corrected chi connectivity index (χ3v) is 13.5. The van der Waals surface area contributed by atoms with Gasteiger partial charge in [0, 0.05) is 55.7 Å². The van der Waals surface area contributed by atoms with Crippen molar-refractivity contribution in [1.29, 1.82) is 0 Å². The Kier molecular flexibility index (Phi) is 10.4. The zero-order chi connectivity index (χ0) is 47.1. The number of nitrogens with zero attached hydrogens (tertiary/aromatic N) is 5. The van der Waals surface area contributed by atoms with E-state index in [0.717, 1.165) is 111 Å². The largest absolute Gasteiger partial charge is 0.298 e. The van der Waals surface area contributed by atoms with Crippen molar-refractivity contribution >= 4 is 27.3 Å². The number of aromatic nitrogens is 5. The Morgan fingerprint density at radius 2 is 0.662 bits per heavy atom. The standard InChI is InChI=1S/C66H43N5/c1-5-15-44(16-6-1)46-25-33-50(34-26-46)59-43-60(69-65(68-59)55-39-31-47(32-40-55)45-17-7-2-8-18-45)51-35-27-48(28-36-51)49-29-37-54(38-30-49)64-63(53-21-11-4-12-22-53)70-66-61-56-23-13-14-24-58(56)67-62(52-19-9-3-10-20-52)57(61)41-42-71(64)66/h1-43H. The first-order valence-electron chi connectivity index (χ1n) is 23.9. The first-order chi connectivity index (χ1) is 35.2. The predicted octanol–water partition coefficient (Wildman–Crippen LogP) is 16.8. The first-order valence-corrected chi connectivity index (χ1v) is 23.9. The summed E-state index contributed by atoms with van der Waals surface area (Å²) in [6, 6.07) is 89.3. The zero-order valence-electron chi connectivity index (χ0n) is 38.6. The number of benzene rings is 9. The van der Waals surface area contributed by atoms with E-state index in [1.165, 1.54) is 11.1 Å². The summed E-state index contributed by atoms with van der Waals surface area (Å²) in [4.78, 5) is 21.1. The van der Waals surface area contributed by atoms with E-state index in [9.17, 15) is 0 Å². The van der Waals surface area contributed by atoms with Crippen molar-refractivity contribution in [2.24, 2.45) is 0 Å². The van der Waals surface area contributed by atoms with Gasteiger partial charge in [0.1, 0.15) is 5.65 Å². The van der Waals surface area contributed by atoms with Crippen LogP contribution in [0.4, 0.5) is 0 Å². The van der Waals surface area contributed by atoms with Crippen molar-refractivity contribution in [3.8, 4) is 101 Å². The van der Waals surface area contributed by atoms with Gasteiger partial charge in [-0.3, -0.25) is 4.40 Å². The second-order valence-corrected chi connectivity index (χ2v) is 17.8. The summed E-state index contributed by atoms with van der Waals surface area (Å²) in [7, 11) is 0. The summed E-state index contributed by atoms with van der Waals surface area (Å²) in [6.07, 6.45) is 2.16. The number of hydrogen-bond acceptors (Lipinski definition) is 4. The number of imidazole rings is 1. The Labute approximate surface area is 411 Å². The van der Waals surface area contributed by atoms with Crippen LogP contribution in [0.25, 0.3) is 128 Å². The smallest absolute Gasteiger partial charge is 0.160 e. The summed E-state index contributed by atoms with van der Waals surface area (Å²) in [5, 5.41) is 3.23. The number of hydrogen-bond donors (Lipinski definition) is 0. The fraction of sp³-hybridized carbons (Fsp3) is 0. The van der Waals surface area contributed by atoms with Gasteiger partial charge >= 0.3 is 0 Å². The number of rotatable bonds is 9. The molecule has 0 N–H and O–H groups in total. The van der Waals surface area contributed by atoms with E-state index < -0.39 is 0 Å². The minimum atomic E-state index is 0.681. The van der Waals surface area contributed by atoms with Crippen LogP contribution in [0.2, 0.25) is 0 Å². The Balaban J connectivity index is 0.870. The molecule has 0 aliphatic heterocycles. The van der Waals surface area contributed by atoms with Gasteiger partial charge in [-0.25, -0.2) is 19.9 Å². The second kappa shape index (κ2) is 17.8. The van der Waals surface area contributed by atoms with Crippen molar-refractivity contribution in [1.82, 2.24) is 24.3 Å². The molecule has 5 nitrogen and oxygen atoms in total. The lowest BCUT2D eigenvalue weighted by Crippen LogP contribution is -1.96. The van der Waals surface area contributed by atoms with Gasteiger partial charge in [-0.15, -0.1) is 0 Å². The summed E-state index contributed by atoms with van der Waals surface area (Å²) in [6.45, 7) is 0. The second-order valence-electron chi connectivity index (χ2n) is 17.8. The van der Waals surface area contributed by atoms with Crippen molar-refractivity contribution < 1.29 is 0 Å². The fourth-order valence-electron chi connectivity index (χ4n) is 9.85. The topological polar surface area (TPSA) is 56.0 Å². The highest BCUT2D eigenvalue weighted by Gasteiger charge is 2.21. The maximum Gasteiger partial charge on any atom is 0.160 e. The van der Waals surface area contributed by atoms with Crippen molar-refractivity contribution in [3.63, 3.8) is 0 Å². The zero-order valence-corrected chi connectivity index (χ0v) is 38.6. The van der Waals surface area contributed by atoms with Crippen LogP contribution in [0, 0.1) is 0 Å². The molecule has 0 aliphatic carbocycles. The highest BCUT2D eigenvalue weighted by molar-refractivity contribution is 6.17. The van der Waals surface area contributed by atoms with Gasteiger partial charge in [-0.1, -0.05) is 237 Å². The molecule has 0 saturated heterocycles. The lowest BCUT2D eigenvalue weighted by Gasteiger charge is -2.12. The van der Waals surface area contributed by atoms with E-state index in [1.54, 1.807) is 0 Å². The molecule has 0 spiro atoms. The predicted molar refractivity (Wildman–Crippen MR) is 293 cm³/mol. The molecule has 0 atom stereocenters. The van der Waals surface area contributed by atoms with Crippen LogP contribution in [-0.4, -0.2) is 24.3 Å². The Hall–Kier alpha value is -9.58. The molecule has 0 saturated carbocycles. The summed E-state index contributed by atoms with van der Waals surface area (Å²) >= 11 is 0. The van der Waals surface area contributed by atoms with Crippen LogP contribution in [0.3, 0.4) is 0 Å². The highest BCUT2D eigenvalue weighted by Crippen LogP contribution is 2.40. The average Bonchev–Trinajstić information content (AvgIpc) is 3.86. The van der Waals surface area contributed by atoms with Crippen LogP contribution in [0.5, 0.6) is 0 Å². The van der Waals surface area contributed by atoms with Crippen LogP contribution in [0.1, 0.15) is 0 Å². The SMILES string of the molecule is c1ccc(-c2ccc(-c3cc(-c4ccc(-c5ccc(-c6c(-c7ccccc7)nc7c8c(ccn67)c(-c6ccccc6)nc6ccccc68)cc5)cc4)nc(-c4ccc(-c5ccccc5)cc4)n3)cc2)cc1. The fourth-order valence-corrected chi connectivity index (χ4v) is 9.85. The molecule has 332 valence electrons. The van der Waals surface area contributed by atoms with Crippen molar-refractivity contribution in [2.45, 2.75) is 0 Å². The molecule has 0 radical (unpaired) electrons. The third-order valence-electron chi connectivity index (χ3n) is 13.5. The minimum absolute atomic E-state index is 0.681. The van der Waals surface area contributed by atoms with Gasteiger partial charge in [0.05, 0.1) is 34.0 Å². The monoisotopic (exact) mass is 905 g/mol. The van der Waals surface area contributed by atoms with E-state index in [1.807, 2.05) is 18.2 Å². The molecule has 0 aliphatic rings. The molecule has 5 heteroatoms. The van der Waals surface area contributed by atoms with Crippen LogP contribution in [-0.2, 0) is 0 Å². The molecule has 4 heterocycles. The Bertz CT molecular complexity index is 3920. The van der Waals surface area contributed by atoms with E-state index in [0.29, 0.717) is 5.82 Å². The molecule has 4 aromatic heterocycles. The van der Waals surface area contributed by atoms with Crippen molar-refractivity contribution in [3.05, 3.63) is 261 Å². The van der Waals surface area contributed by atoms with Crippen LogP contribution >= 0.6 is 0 Å². The molecule has 0 amide bonds. The van der Waals surface area contributed by atoms with E-state index >= 15 is 0 Å². The van der Waals surface area contributed by atoms with Gasteiger partial charge in [0.2, 0.25) is 0 Å². The lowest BCUT2D eigenvalue weighted by molar-refractivity contribution is 1.18. The summed E-state index contributed by atoms with van der Waals surface area (Å²) in [5.41, 5.74) is 19.6. The van der Waals surface area contributed by atoms with Crippen LogP contribution in [0.15, 0.2) is 261 Å². The number of pyridine rings is 2. The van der Waals surface area contributed by atoms with E-state index in [4.69, 9.17) is 19.9 Å². The summed E-state index contributed by atoms with van der Waals surface area (Å²) in [5.74, 6) is 0.681. The average molecular weight is 906 g/mol. The lowest BCUT2D eigenvalue weighted by atomic mass is 9.98. The normalized spacial score (nSPS) is 11.4. The van der Waals surface area contributed by atoms with Gasteiger partial charge in [0.25, 0.3) is 0 Å². The molecule has 0 bridgehead atoms. The van der Waals surface area contributed by atoms with E-state index in [2.05, 4.69) is 247 Å². The Morgan fingerprint density at radius 1 is 0.268 bits per heavy atom. The molecule has 13 rings (SSSR count). The minimum Gasteiger partial charge on any atom is -0.298 e. The molecule has 9 aromatic carbocycles. The number of para-hydroxylation sites is 1. The molecule has 0 unspecified atom stereocenters. The van der Waals surface area contributed by atoms with Gasteiger partial charge in [-0.2, -0.15) is 0 Å². The van der Waals surface area contributed by atoms with Gasteiger partial charge < -0.3 is 0 Å². The molecule has 13 aromatic rings. The van der Waals surface area contributed by atoms with Crippen molar-refractivity contribution in [2.75, 3.05) is 0 Å². The van der Waals surface area contributed by atoms with Gasteiger partial charge in [0.15, 0.2) is 5.82 Å². The van der Waals surface area contributed by atoms with Crippen LogP contribution < -0.4 is 0 Å². The summed E-state index contributed by atoms with van der Waals surface area (Å²) < 4.78 is 2.26. The molecule has 0 fully saturated rings. The first kappa shape index (κ1) is 41.6. The molecular formula is C66H43N5. The van der Waals surface area contributed by atoms with E-state index in [-0.39, 0.29) is 0 Å². The maximum absolute atomic E-state index is 5.50. The Morgan fingerprint density at radius 3 is 1.17 bits per heavy atom. The third kappa shape index (κ3) is 7.82. The quantitative estimate of drug-likeness (QED) is 0.135.